The quantitative estimate of drug-likeness (QED) is 0.0322. The molecule has 3 N–H and O–H groups in total. The van der Waals surface area contributed by atoms with Gasteiger partial charge in [-0.15, -0.1) is 0 Å². The van der Waals surface area contributed by atoms with Crippen LogP contribution in [-0.4, -0.2) is 46.9 Å². The van der Waals surface area contributed by atoms with Crippen LogP contribution in [0.15, 0.2) is 85.1 Å². The van der Waals surface area contributed by atoms with Crippen LogP contribution in [0.4, 0.5) is 0 Å². The maximum absolute atomic E-state index is 13.2. The van der Waals surface area contributed by atoms with E-state index in [2.05, 4.69) is 111 Å². The van der Waals surface area contributed by atoms with Gasteiger partial charge in [-0.2, -0.15) is 0 Å². The van der Waals surface area contributed by atoms with Crippen LogP contribution in [0.1, 0.15) is 226 Å². The van der Waals surface area contributed by atoms with Gasteiger partial charge < -0.3 is 20.3 Å². The van der Waals surface area contributed by atoms with Crippen molar-refractivity contribution in [1.82, 2.24) is 5.32 Å². The number of carbonyl (C=O) groups is 2. The van der Waals surface area contributed by atoms with Crippen LogP contribution in [0.2, 0.25) is 0 Å². The highest BCUT2D eigenvalue weighted by Gasteiger charge is 2.24. The Kier molecular flexibility index (Phi) is 45.7. The molecule has 3 atom stereocenters. The highest BCUT2D eigenvalue weighted by Crippen LogP contribution is 2.16. The van der Waals surface area contributed by atoms with E-state index in [1.165, 1.54) is 96.3 Å². The summed E-state index contributed by atoms with van der Waals surface area (Å²) in [7, 11) is 0. The Hall–Kier alpha value is -2.96. The van der Waals surface area contributed by atoms with E-state index in [1.54, 1.807) is 0 Å². The first-order valence-corrected chi connectivity index (χ1v) is 25.3. The summed E-state index contributed by atoms with van der Waals surface area (Å²) in [6.07, 6.45) is 62.1. The summed E-state index contributed by atoms with van der Waals surface area (Å²) in [5.41, 5.74) is 0. The number of hydrogen-bond acceptors (Lipinski definition) is 5. The summed E-state index contributed by atoms with van der Waals surface area (Å²) < 4.78 is 5.88. The van der Waals surface area contributed by atoms with Crippen molar-refractivity contribution in [3.63, 3.8) is 0 Å². The predicted molar refractivity (Wildman–Crippen MR) is 264 cm³/mol. The second kappa shape index (κ2) is 48.1. The molecule has 0 aliphatic rings. The Morgan fingerprint density at radius 2 is 0.836 bits per heavy atom. The van der Waals surface area contributed by atoms with E-state index < -0.39 is 18.2 Å². The zero-order chi connectivity index (χ0) is 44.5. The number of nitrogens with one attached hydrogen (secondary N) is 1. The van der Waals surface area contributed by atoms with Crippen LogP contribution in [0, 0.1) is 0 Å². The maximum Gasteiger partial charge on any atom is 0.306 e. The Morgan fingerprint density at radius 3 is 1.28 bits per heavy atom. The van der Waals surface area contributed by atoms with Gasteiger partial charge in [-0.25, -0.2) is 0 Å². The molecule has 350 valence electrons. The fourth-order valence-electron chi connectivity index (χ4n) is 7.07. The van der Waals surface area contributed by atoms with E-state index in [4.69, 9.17) is 4.74 Å². The average molecular weight is 850 g/mol. The van der Waals surface area contributed by atoms with Crippen LogP contribution >= 0.6 is 0 Å². The lowest BCUT2D eigenvalue weighted by molar-refractivity contribution is -0.151. The number of aliphatic hydroxyl groups is 2. The number of allylic oxidation sites excluding steroid dienone is 14. The van der Waals surface area contributed by atoms with E-state index in [-0.39, 0.29) is 24.9 Å². The van der Waals surface area contributed by atoms with Crippen molar-refractivity contribution in [2.75, 3.05) is 6.61 Å². The first-order chi connectivity index (χ1) is 30.0. The molecular weight excluding hydrogens is 755 g/mol. The summed E-state index contributed by atoms with van der Waals surface area (Å²) in [6, 6.07) is -0.728. The van der Waals surface area contributed by atoms with Gasteiger partial charge in [0.1, 0.15) is 6.10 Å². The SMILES string of the molecule is CCCCC/C=C\C/C=C\C/C=C\C/C=C\CCCC(=O)OC(CCCC/C=C\C/C=C\C/C=C\CCCCC)CC(=O)NC(CO)C(O)CCCCCCCCCCCC. The highest BCUT2D eigenvalue weighted by atomic mass is 16.5. The van der Waals surface area contributed by atoms with Crippen LogP contribution in [0.5, 0.6) is 0 Å². The number of amides is 1. The topological polar surface area (TPSA) is 95.9 Å². The lowest BCUT2D eigenvalue weighted by atomic mass is 10.0. The minimum absolute atomic E-state index is 0.0259. The normalized spacial score (nSPS) is 14.0. The van der Waals surface area contributed by atoms with Gasteiger partial charge >= 0.3 is 5.97 Å². The molecule has 0 fully saturated rings. The number of esters is 1. The molecule has 0 aromatic heterocycles. The molecule has 0 aromatic carbocycles. The van der Waals surface area contributed by atoms with Gasteiger partial charge in [0.2, 0.25) is 5.91 Å². The van der Waals surface area contributed by atoms with Gasteiger partial charge in [-0.3, -0.25) is 9.59 Å². The van der Waals surface area contributed by atoms with E-state index in [1.807, 2.05) is 0 Å². The zero-order valence-corrected chi connectivity index (χ0v) is 39.8. The van der Waals surface area contributed by atoms with E-state index in [9.17, 15) is 19.8 Å². The lowest BCUT2D eigenvalue weighted by Crippen LogP contribution is -2.46. The van der Waals surface area contributed by atoms with Crippen molar-refractivity contribution in [3.8, 4) is 0 Å². The number of aliphatic hydroxyl groups excluding tert-OH is 2. The summed E-state index contributed by atoms with van der Waals surface area (Å²) in [6.45, 7) is 6.38. The number of unbranched alkanes of at least 4 members (excludes halogenated alkanes) is 18. The standard InChI is InChI=1S/C55H95NO5/c1-4-7-10-13-16-19-22-24-26-27-29-31-33-36-39-42-45-48-55(60)61-51(46-43-40-37-34-32-30-28-25-23-20-17-14-11-8-5-2)49-54(59)56-52(50-57)53(58)47-44-41-38-35-21-18-15-12-9-6-3/h16-17,19-20,24-26,28-29,31-32,34,36,39,51-53,57-58H,4-15,18,21-23,27,30,33,35,37-38,40-50H2,1-3H3,(H,56,59)/b19-16-,20-17-,26-24-,28-25-,31-29-,34-32-,39-36-. The number of carbonyl (C=O) groups excluding carboxylic acids is 2. The molecule has 0 aliphatic carbocycles. The molecule has 1 amide bonds. The molecule has 3 unspecified atom stereocenters. The van der Waals surface area contributed by atoms with Crippen LogP contribution in [0.25, 0.3) is 0 Å². The molecule has 0 aromatic rings. The summed E-state index contributed by atoms with van der Waals surface area (Å²) >= 11 is 0. The highest BCUT2D eigenvalue weighted by molar-refractivity contribution is 5.77. The number of hydrogen-bond donors (Lipinski definition) is 3. The van der Waals surface area contributed by atoms with Gasteiger partial charge in [0.05, 0.1) is 25.2 Å². The minimum atomic E-state index is -0.810. The van der Waals surface area contributed by atoms with Crippen molar-refractivity contribution in [3.05, 3.63) is 85.1 Å². The molecule has 0 saturated carbocycles. The van der Waals surface area contributed by atoms with Gasteiger partial charge in [0.15, 0.2) is 0 Å². The van der Waals surface area contributed by atoms with Crippen molar-refractivity contribution >= 4 is 11.9 Å². The summed E-state index contributed by atoms with van der Waals surface area (Å²) in [4.78, 5) is 26.1. The maximum atomic E-state index is 13.2. The third-order valence-electron chi connectivity index (χ3n) is 10.9. The Balaban J connectivity index is 4.77. The van der Waals surface area contributed by atoms with Crippen molar-refractivity contribution in [1.29, 1.82) is 0 Å². The first-order valence-electron chi connectivity index (χ1n) is 25.3. The molecule has 0 radical (unpaired) electrons. The molecule has 0 spiro atoms. The average Bonchev–Trinajstić information content (AvgIpc) is 3.25. The molecule has 0 aliphatic heterocycles. The van der Waals surface area contributed by atoms with Crippen molar-refractivity contribution in [2.45, 2.75) is 244 Å². The van der Waals surface area contributed by atoms with Gasteiger partial charge in [0.25, 0.3) is 0 Å². The molecule has 6 heteroatoms. The third-order valence-corrected chi connectivity index (χ3v) is 10.9. The molecule has 61 heavy (non-hydrogen) atoms. The van der Waals surface area contributed by atoms with Gasteiger partial charge in [-0.1, -0.05) is 196 Å². The first kappa shape index (κ1) is 58.0. The van der Waals surface area contributed by atoms with E-state index in [0.717, 1.165) is 77.0 Å². The minimum Gasteiger partial charge on any atom is -0.462 e. The summed E-state index contributed by atoms with van der Waals surface area (Å²) in [5, 5.41) is 23.7. The molecule has 0 heterocycles. The number of ether oxygens (including phenoxy) is 1. The summed E-state index contributed by atoms with van der Waals surface area (Å²) in [5.74, 6) is -0.585. The predicted octanol–water partition coefficient (Wildman–Crippen LogP) is 15.2. The molecule has 6 nitrogen and oxygen atoms in total. The lowest BCUT2D eigenvalue weighted by Gasteiger charge is -2.24. The van der Waals surface area contributed by atoms with Crippen LogP contribution in [0.3, 0.4) is 0 Å². The fraction of sp³-hybridized carbons (Fsp3) is 0.709. The smallest absolute Gasteiger partial charge is 0.306 e. The second-order valence-electron chi connectivity index (χ2n) is 16.9. The van der Waals surface area contributed by atoms with Crippen molar-refractivity contribution in [2.24, 2.45) is 0 Å². The molecule has 0 rings (SSSR count). The van der Waals surface area contributed by atoms with Crippen LogP contribution in [-0.2, 0) is 14.3 Å². The molecule has 0 saturated heterocycles. The monoisotopic (exact) mass is 850 g/mol. The van der Waals surface area contributed by atoms with Crippen molar-refractivity contribution < 1.29 is 24.5 Å². The van der Waals surface area contributed by atoms with Gasteiger partial charge in [-0.05, 0) is 103 Å². The number of rotatable bonds is 44. The van der Waals surface area contributed by atoms with E-state index >= 15 is 0 Å². The Morgan fingerprint density at radius 1 is 0.475 bits per heavy atom. The van der Waals surface area contributed by atoms with E-state index in [0.29, 0.717) is 25.7 Å². The molecular formula is C55H95NO5. The second-order valence-corrected chi connectivity index (χ2v) is 16.9. The largest absolute Gasteiger partial charge is 0.462 e. The van der Waals surface area contributed by atoms with Crippen LogP contribution < -0.4 is 5.32 Å². The Bertz CT molecular complexity index is 1180. The molecule has 0 bridgehead atoms. The van der Waals surface area contributed by atoms with Gasteiger partial charge in [0, 0.05) is 6.42 Å². The Labute approximate surface area is 376 Å². The zero-order valence-electron chi connectivity index (χ0n) is 39.8. The third kappa shape index (κ3) is 43.5. The fourth-order valence-corrected chi connectivity index (χ4v) is 7.07.